The Hall–Kier alpha value is -2.28. The van der Waals surface area contributed by atoms with Gasteiger partial charge >= 0.3 is 5.97 Å². The number of β-lactam (4-membered cyclic amide) rings is 1. The summed E-state index contributed by atoms with van der Waals surface area (Å²) in [6.45, 7) is -0.289. The van der Waals surface area contributed by atoms with Crippen LogP contribution in [0.25, 0.3) is 0 Å². The quantitative estimate of drug-likeness (QED) is 0.373. The van der Waals surface area contributed by atoms with Gasteiger partial charge in [0, 0.05) is 12.7 Å². The van der Waals surface area contributed by atoms with Crippen molar-refractivity contribution in [3.05, 3.63) is 23.8 Å². The number of carbonyl (C=O) groups excluding carboxylic acids is 4. The van der Waals surface area contributed by atoms with Crippen LogP contribution in [0.2, 0.25) is 0 Å². The fourth-order valence-corrected chi connectivity index (χ4v) is 2.22. The number of methoxy groups -OCH3 is 2. The van der Waals surface area contributed by atoms with Crippen LogP contribution in [0, 0.1) is 0 Å². The molecule has 1 saturated heterocycles. The fraction of sp³-hybridized carbons (Fsp3) is 0.385. The number of carbonyl (C=O) groups is 4. The second-order valence-corrected chi connectivity index (χ2v) is 4.34. The Morgan fingerprint density at radius 1 is 1.25 bits per heavy atom. The molecule has 2 atom stereocenters. The van der Waals surface area contributed by atoms with E-state index in [0.717, 1.165) is 23.1 Å². The molecule has 0 radical (unpaired) electrons. The number of esters is 1. The summed E-state index contributed by atoms with van der Waals surface area (Å²) in [5.41, 5.74) is 0.146. The molecule has 0 saturated carbocycles. The fourth-order valence-electron chi connectivity index (χ4n) is 2.22. The van der Waals surface area contributed by atoms with Gasteiger partial charge in [0.25, 0.3) is 5.91 Å². The molecular weight excluding hydrogens is 266 g/mol. The molecule has 0 aromatic rings. The Labute approximate surface area is 114 Å². The lowest BCUT2D eigenvalue weighted by molar-refractivity contribution is -0.172. The van der Waals surface area contributed by atoms with Crippen LogP contribution in [0.3, 0.4) is 0 Å². The first-order chi connectivity index (χ1) is 9.49. The highest BCUT2D eigenvalue weighted by Gasteiger charge is 2.51. The third-order valence-electron chi connectivity index (χ3n) is 3.23. The van der Waals surface area contributed by atoms with Crippen LogP contribution in [0.4, 0.5) is 0 Å². The highest BCUT2D eigenvalue weighted by atomic mass is 16.5. The number of ether oxygens (including phenoxy) is 2. The molecule has 1 fully saturated rings. The third-order valence-corrected chi connectivity index (χ3v) is 3.23. The molecule has 0 unspecified atom stereocenters. The van der Waals surface area contributed by atoms with E-state index in [9.17, 15) is 19.2 Å². The maximum absolute atomic E-state index is 11.8. The van der Waals surface area contributed by atoms with Crippen LogP contribution < -0.4 is 0 Å². The number of rotatable bonds is 4. The van der Waals surface area contributed by atoms with E-state index in [0.29, 0.717) is 0 Å². The summed E-state index contributed by atoms with van der Waals surface area (Å²) in [7, 11) is 2.53. The number of amides is 1. The predicted octanol–water partition coefficient (Wildman–Crippen LogP) is -0.980. The molecule has 7 heteroatoms. The Morgan fingerprint density at radius 2 is 1.95 bits per heavy atom. The van der Waals surface area contributed by atoms with Gasteiger partial charge in [-0.2, -0.15) is 0 Å². The molecule has 20 heavy (non-hydrogen) atoms. The van der Waals surface area contributed by atoms with Gasteiger partial charge in [-0.15, -0.1) is 0 Å². The molecule has 0 spiro atoms. The summed E-state index contributed by atoms with van der Waals surface area (Å²) in [5, 5.41) is 0. The molecule has 7 nitrogen and oxygen atoms in total. The number of hydrogen-bond acceptors (Lipinski definition) is 6. The molecule has 0 aromatic carbocycles. The van der Waals surface area contributed by atoms with E-state index in [-0.39, 0.29) is 23.7 Å². The van der Waals surface area contributed by atoms with Crippen LogP contribution in [-0.2, 0) is 28.7 Å². The normalized spacial score (nSPS) is 25.4. The average molecular weight is 279 g/mol. The van der Waals surface area contributed by atoms with Gasteiger partial charge in [-0.05, 0) is 18.2 Å². The molecule has 1 amide bonds. The van der Waals surface area contributed by atoms with Crippen LogP contribution in [0.15, 0.2) is 23.8 Å². The molecule has 1 heterocycles. The zero-order valence-electron chi connectivity index (χ0n) is 11.0. The highest BCUT2D eigenvalue weighted by molar-refractivity contribution is 6.19. The molecule has 0 aromatic heterocycles. The Morgan fingerprint density at radius 3 is 2.55 bits per heavy atom. The summed E-state index contributed by atoms with van der Waals surface area (Å²) in [6.07, 6.45) is 2.59. The summed E-state index contributed by atoms with van der Waals surface area (Å²) in [4.78, 5) is 47.5. The summed E-state index contributed by atoms with van der Waals surface area (Å²) >= 11 is 0. The lowest BCUT2D eigenvalue weighted by Gasteiger charge is -2.46. The van der Waals surface area contributed by atoms with Crippen molar-refractivity contribution in [2.45, 2.75) is 12.1 Å². The van der Waals surface area contributed by atoms with Crippen molar-refractivity contribution in [2.24, 2.45) is 0 Å². The summed E-state index contributed by atoms with van der Waals surface area (Å²) < 4.78 is 9.52. The van der Waals surface area contributed by atoms with Crippen LogP contribution in [-0.4, -0.2) is 61.3 Å². The molecule has 1 aliphatic heterocycles. The van der Waals surface area contributed by atoms with E-state index in [1.54, 1.807) is 0 Å². The first-order valence-electron chi connectivity index (χ1n) is 5.87. The van der Waals surface area contributed by atoms with Crippen LogP contribution >= 0.6 is 0 Å². The van der Waals surface area contributed by atoms with E-state index >= 15 is 0 Å². The SMILES string of the molecule is COC(=O)CN1C(=O)[C@@H](OC)[C@H]1C1=CC(=O)C=CC1=O. The highest BCUT2D eigenvalue weighted by Crippen LogP contribution is 2.30. The number of nitrogens with zero attached hydrogens (tertiary/aromatic N) is 1. The van der Waals surface area contributed by atoms with E-state index in [1.807, 2.05) is 0 Å². The van der Waals surface area contributed by atoms with Gasteiger partial charge in [-0.3, -0.25) is 19.2 Å². The Bertz CT molecular complexity index is 547. The van der Waals surface area contributed by atoms with Gasteiger partial charge in [0.2, 0.25) is 0 Å². The molecule has 2 rings (SSSR count). The lowest BCUT2D eigenvalue weighted by atomic mass is 9.85. The number of allylic oxidation sites excluding steroid dienone is 3. The first-order valence-corrected chi connectivity index (χ1v) is 5.87. The van der Waals surface area contributed by atoms with Crippen molar-refractivity contribution in [3.8, 4) is 0 Å². The zero-order chi connectivity index (χ0) is 14.9. The Balaban J connectivity index is 2.26. The van der Waals surface area contributed by atoms with Gasteiger partial charge < -0.3 is 14.4 Å². The van der Waals surface area contributed by atoms with Crippen molar-refractivity contribution in [1.29, 1.82) is 0 Å². The minimum atomic E-state index is -0.867. The van der Waals surface area contributed by atoms with E-state index in [4.69, 9.17) is 4.74 Å². The molecular formula is C13H13NO6. The third kappa shape index (κ3) is 2.27. The van der Waals surface area contributed by atoms with Gasteiger partial charge in [0.15, 0.2) is 17.7 Å². The standard InChI is InChI=1S/C13H13NO6/c1-19-10(17)6-14-11(12(20-2)13(14)18)8-5-7(15)3-4-9(8)16/h3-5,11-12H,6H2,1-2H3/t11-,12+/m1/s1. The van der Waals surface area contributed by atoms with Crippen molar-refractivity contribution in [3.63, 3.8) is 0 Å². The predicted molar refractivity (Wildman–Crippen MR) is 65.6 cm³/mol. The monoisotopic (exact) mass is 279 g/mol. The topological polar surface area (TPSA) is 90.0 Å². The van der Waals surface area contributed by atoms with Crippen LogP contribution in [0.1, 0.15) is 0 Å². The maximum atomic E-state index is 11.8. The van der Waals surface area contributed by atoms with Crippen molar-refractivity contribution in [1.82, 2.24) is 4.90 Å². The summed E-state index contributed by atoms with van der Waals surface area (Å²) in [6, 6.07) is -0.743. The molecule has 106 valence electrons. The average Bonchev–Trinajstić information content (AvgIpc) is 2.44. The van der Waals surface area contributed by atoms with Gasteiger partial charge in [-0.25, -0.2) is 0 Å². The lowest BCUT2D eigenvalue weighted by Crippen LogP contribution is -2.67. The van der Waals surface area contributed by atoms with Crippen molar-refractivity contribution in [2.75, 3.05) is 20.8 Å². The van der Waals surface area contributed by atoms with Crippen molar-refractivity contribution < 1.29 is 28.7 Å². The van der Waals surface area contributed by atoms with E-state index in [1.165, 1.54) is 14.2 Å². The Kier molecular flexibility index (Phi) is 3.80. The van der Waals surface area contributed by atoms with Crippen molar-refractivity contribution >= 4 is 23.4 Å². The zero-order valence-corrected chi connectivity index (χ0v) is 11.0. The largest absolute Gasteiger partial charge is 0.468 e. The van der Waals surface area contributed by atoms with Gasteiger partial charge in [0.05, 0.1) is 13.2 Å². The second kappa shape index (κ2) is 5.38. The molecule has 0 bridgehead atoms. The van der Waals surface area contributed by atoms with Crippen LogP contribution in [0.5, 0.6) is 0 Å². The second-order valence-electron chi connectivity index (χ2n) is 4.34. The smallest absolute Gasteiger partial charge is 0.325 e. The molecule has 0 N–H and O–H groups in total. The van der Waals surface area contributed by atoms with Gasteiger partial charge in [-0.1, -0.05) is 0 Å². The summed E-state index contributed by atoms with van der Waals surface area (Å²) in [5.74, 6) is -1.74. The number of likely N-dealkylation sites (tertiary alicyclic amines) is 1. The van der Waals surface area contributed by atoms with E-state index in [2.05, 4.69) is 4.74 Å². The van der Waals surface area contributed by atoms with E-state index < -0.39 is 24.0 Å². The molecule has 2 aliphatic rings. The number of ketones is 2. The maximum Gasteiger partial charge on any atom is 0.325 e. The first kappa shape index (κ1) is 14.1. The molecule has 1 aliphatic carbocycles. The number of hydrogen-bond donors (Lipinski definition) is 0. The minimum absolute atomic E-state index is 0.146. The minimum Gasteiger partial charge on any atom is -0.468 e. The van der Waals surface area contributed by atoms with Gasteiger partial charge in [0.1, 0.15) is 6.54 Å².